The summed E-state index contributed by atoms with van der Waals surface area (Å²) >= 11 is 0. The van der Waals surface area contributed by atoms with Crippen molar-refractivity contribution in [1.29, 1.82) is 0 Å². The van der Waals surface area contributed by atoms with Gasteiger partial charge in [-0.2, -0.15) is 0 Å². The van der Waals surface area contributed by atoms with Gasteiger partial charge in [-0.05, 0) is 148 Å². The minimum Gasteiger partial charge on any atom is -0.226 e. The second-order valence-corrected chi connectivity index (χ2v) is 14.6. The van der Waals surface area contributed by atoms with Crippen molar-refractivity contribution in [3.8, 4) is 0 Å². The average Bonchev–Trinajstić information content (AvgIpc) is 3.58. The molecule has 49 heavy (non-hydrogen) atoms. The zero-order valence-electron chi connectivity index (χ0n) is 30.8. The number of hydrogen-bond donors (Lipinski definition) is 0. The molecule has 0 bridgehead atoms. The van der Waals surface area contributed by atoms with Crippen molar-refractivity contribution in [2.75, 3.05) is 0 Å². The fourth-order valence-electron chi connectivity index (χ4n) is 8.35. The maximum Gasteiger partial charge on any atom is 0.245 e. The SMILES string of the molecule is Cc1cc(C)c(Cn2c[n+](Cc3c(C)cc(C)c(C[n+]4cn(Cc5c(C)cc(C)cc5C)c5ccccc54)c3C)c3ccccc32)c(C)c1. The molecule has 7 rings (SSSR count). The first kappa shape index (κ1) is 32.6. The number of hydrogen-bond acceptors (Lipinski definition) is 0. The topological polar surface area (TPSA) is 17.6 Å². The van der Waals surface area contributed by atoms with Gasteiger partial charge in [-0.15, -0.1) is 0 Å². The molecule has 0 unspecified atom stereocenters. The number of aromatic nitrogens is 4. The van der Waals surface area contributed by atoms with E-state index in [9.17, 15) is 0 Å². The van der Waals surface area contributed by atoms with Crippen molar-refractivity contribution >= 4 is 22.1 Å². The molecule has 4 heteroatoms. The van der Waals surface area contributed by atoms with Gasteiger partial charge in [0, 0.05) is 0 Å². The van der Waals surface area contributed by atoms with Gasteiger partial charge in [0.15, 0.2) is 22.1 Å². The molecule has 0 spiro atoms. The predicted octanol–water partition coefficient (Wildman–Crippen LogP) is 9.14. The van der Waals surface area contributed by atoms with E-state index in [-0.39, 0.29) is 0 Å². The molecule has 2 heterocycles. The molecule has 0 amide bonds. The first-order chi connectivity index (χ1) is 23.5. The monoisotopic (exact) mass is 646 g/mol. The molecule has 0 aliphatic heterocycles. The molecule has 0 N–H and O–H groups in total. The molecule has 0 atom stereocenters. The summed E-state index contributed by atoms with van der Waals surface area (Å²) in [5.41, 5.74) is 22.9. The summed E-state index contributed by atoms with van der Waals surface area (Å²) in [6.45, 7) is 23.7. The summed E-state index contributed by atoms with van der Waals surface area (Å²) in [5, 5.41) is 0. The summed E-state index contributed by atoms with van der Waals surface area (Å²) in [6.07, 6.45) is 4.67. The van der Waals surface area contributed by atoms with E-state index in [1.54, 1.807) is 0 Å². The maximum atomic E-state index is 2.45. The fourth-order valence-corrected chi connectivity index (χ4v) is 8.35. The second kappa shape index (κ2) is 12.8. The molecule has 7 aromatic rings. The highest BCUT2D eigenvalue weighted by Crippen LogP contribution is 2.26. The lowest BCUT2D eigenvalue weighted by atomic mass is 9.93. The zero-order valence-corrected chi connectivity index (χ0v) is 30.8. The van der Waals surface area contributed by atoms with Crippen LogP contribution < -0.4 is 9.13 Å². The minimum absolute atomic E-state index is 0.836. The van der Waals surface area contributed by atoms with Crippen LogP contribution in [0.5, 0.6) is 0 Å². The lowest BCUT2D eigenvalue weighted by Crippen LogP contribution is -2.36. The van der Waals surface area contributed by atoms with E-state index in [1.165, 1.54) is 94.4 Å². The normalized spacial score (nSPS) is 11.7. The standard InChI is InChI=1S/C45H50N4/c1-29-18-31(3)38(32(4)19-29)23-46-27-48(44-16-12-10-14-42(44)46)25-40-35(7)22-36(8)41(37(40)9)26-49-28-47(43-15-11-13-17-45(43)49)24-39-33(5)20-30(2)21-34(39)6/h10-22,27-28H,23-26H2,1-9H3/q+2. The summed E-state index contributed by atoms with van der Waals surface area (Å²) in [5.74, 6) is 0. The highest BCUT2D eigenvalue weighted by molar-refractivity contribution is 5.72. The minimum atomic E-state index is 0.836. The molecule has 2 aromatic heterocycles. The van der Waals surface area contributed by atoms with Crippen LogP contribution in [0.15, 0.2) is 91.5 Å². The summed E-state index contributed by atoms with van der Waals surface area (Å²) < 4.78 is 9.77. The Labute approximate surface area is 291 Å². The Hall–Kier alpha value is -4.96. The zero-order chi connectivity index (χ0) is 34.6. The lowest BCUT2D eigenvalue weighted by molar-refractivity contribution is -0.664. The van der Waals surface area contributed by atoms with E-state index < -0.39 is 0 Å². The largest absolute Gasteiger partial charge is 0.245 e. The highest BCUT2D eigenvalue weighted by atomic mass is 15.1. The third-order valence-electron chi connectivity index (χ3n) is 10.8. The smallest absolute Gasteiger partial charge is 0.226 e. The Balaban J connectivity index is 1.25. The van der Waals surface area contributed by atoms with Crippen molar-refractivity contribution in [3.05, 3.63) is 164 Å². The van der Waals surface area contributed by atoms with Crippen LogP contribution in [-0.4, -0.2) is 9.13 Å². The lowest BCUT2D eigenvalue weighted by Gasteiger charge is -2.16. The quantitative estimate of drug-likeness (QED) is 0.147. The third-order valence-corrected chi connectivity index (χ3v) is 10.8. The Morgan fingerprint density at radius 3 is 1.16 bits per heavy atom. The molecule has 0 fully saturated rings. The van der Waals surface area contributed by atoms with Gasteiger partial charge < -0.3 is 0 Å². The summed E-state index contributed by atoms with van der Waals surface area (Å²) in [6, 6.07) is 29.3. The van der Waals surface area contributed by atoms with E-state index >= 15 is 0 Å². The first-order valence-corrected chi connectivity index (χ1v) is 17.6. The third kappa shape index (κ3) is 6.10. The van der Waals surface area contributed by atoms with Crippen LogP contribution in [0.4, 0.5) is 0 Å². The van der Waals surface area contributed by atoms with Crippen molar-refractivity contribution in [2.24, 2.45) is 0 Å². The van der Waals surface area contributed by atoms with Crippen LogP contribution in [-0.2, 0) is 26.2 Å². The van der Waals surface area contributed by atoms with E-state index in [0.717, 1.165) is 26.2 Å². The van der Waals surface area contributed by atoms with Crippen molar-refractivity contribution in [3.63, 3.8) is 0 Å². The Kier molecular flexibility index (Phi) is 8.52. The molecular weight excluding hydrogens is 597 g/mol. The molecule has 5 aromatic carbocycles. The number of imidazole rings is 2. The van der Waals surface area contributed by atoms with E-state index in [2.05, 4.69) is 172 Å². The van der Waals surface area contributed by atoms with Crippen LogP contribution in [0, 0.1) is 62.3 Å². The fraction of sp³-hybridized carbons (Fsp3) is 0.289. The van der Waals surface area contributed by atoms with E-state index in [1.807, 2.05) is 0 Å². The second-order valence-electron chi connectivity index (χ2n) is 14.6. The maximum absolute atomic E-state index is 2.45. The molecule has 0 saturated carbocycles. The van der Waals surface area contributed by atoms with Crippen molar-refractivity contribution < 1.29 is 9.13 Å². The molecule has 0 radical (unpaired) electrons. The van der Waals surface area contributed by atoms with E-state index in [4.69, 9.17) is 0 Å². The average molecular weight is 647 g/mol. The summed E-state index contributed by atoms with van der Waals surface area (Å²) in [7, 11) is 0. The van der Waals surface area contributed by atoms with Gasteiger partial charge in [0.05, 0.1) is 0 Å². The van der Waals surface area contributed by atoms with Crippen molar-refractivity contribution in [1.82, 2.24) is 9.13 Å². The van der Waals surface area contributed by atoms with Gasteiger partial charge >= 0.3 is 0 Å². The molecule has 4 nitrogen and oxygen atoms in total. The molecule has 0 aliphatic carbocycles. The van der Waals surface area contributed by atoms with Gasteiger partial charge in [-0.1, -0.05) is 65.7 Å². The number of nitrogens with zero attached hydrogens (tertiary/aromatic N) is 4. The van der Waals surface area contributed by atoms with Gasteiger partial charge in [0.25, 0.3) is 0 Å². The van der Waals surface area contributed by atoms with Gasteiger partial charge in [-0.25, -0.2) is 18.3 Å². The number of rotatable bonds is 8. The van der Waals surface area contributed by atoms with E-state index in [0.29, 0.717) is 0 Å². The molecule has 0 aliphatic rings. The number of benzene rings is 5. The number of para-hydroxylation sites is 4. The Morgan fingerprint density at radius 1 is 0.429 bits per heavy atom. The van der Waals surface area contributed by atoms with Crippen molar-refractivity contribution in [2.45, 2.75) is 88.5 Å². The Bertz CT molecular complexity index is 2170. The predicted molar refractivity (Wildman–Crippen MR) is 203 cm³/mol. The summed E-state index contributed by atoms with van der Waals surface area (Å²) in [4.78, 5) is 0. The van der Waals surface area contributed by atoms with Crippen LogP contribution in [0.25, 0.3) is 22.1 Å². The Morgan fingerprint density at radius 2 is 0.776 bits per heavy atom. The number of aryl methyl sites for hydroxylation is 8. The highest BCUT2D eigenvalue weighted by Gasteiger charge is 2.23. The molecule has 0 saturated heterocycles. The first-order valence-electron chi connectivity index (χ1n) is 17.6. The van der Waals surface area contributed by atoms with Gasteiger partial charge in [0.2, 0.25) is 12.7 Å². The molecule has 248 valence electrons. The van der Waals surface area contributed by atoms with Gasteiger partial charge in [-0.3, -0.25) is 0 Å². The van der Waals surface area contributed by atoms with Crippen LogP contribution >= 0.6 is 0 Å². The molecular formula is C45H50N4+2. The number of fused-ring (bicyclic) bond motifs is 2. The van der Waals surface area contributed by atoms with Crippen LogP contribution in [0.2, 0.25) is 0 Å². The van der Waals surface area contributed by atoms with Crippen LogP contribution in [0.1, 0.15) is 72.3 Å². The van der Waals surface area contributed by atoms with Crippen LogP contribution in [0.3, 0.4) is 0 Å². The van der Waals surface area contributed by atoms with Gasteiger partial charge in [0.1, 0.15) is 26.2 Å².